The Hall–Kier alpha value is 2.75. The molecular weight excluding hydrogens is 339 g/mol. The zero-order valence-electron chi connectivity index (χ0n) is 1.26. The average Bonchev–Trinajstić information content (AvgIpc) is 0. The first-order valence-corrected chi connectivity index (χ1v) is 0. The van der Waals surface area contributed by atoms with E-state index in [0.717, 1.165) is 0 Å². The summed E-state index contributed by atoms with van der Waals surface area (Å²) < 4.78 is 0. The summed E-state index contributed by atoms with van der Waals surface area (Å²) in [5.41, 5.74) is 0. The standard InChI is InChI=1S/Dy.3Ni. The second-order valence-corrected chi connectivity index (χ2v) is 0. The second-order valence-electron chi connectivity index (χ2n) is 0. The van der Waals surface area contributed by atoms with Gasteiger partial charge in [0.25, 0.3) is 0 Å². The van der Waals surface area contributed by atoms with Crippen molar-refractivity contribution in [3.05, 3.63) is 0 Å². The monoisotopic (exact) mass is 338 g/mol. The maximum atomic E-state index is 0. The molecule has 0 atom stereocenters. The van der Waals surface area contributed by atoms with Gasteiger partial charge < -0.3 is 0 Å². The van der Waals surface area contributed by atoms with Crippen molar-refractivity contribution in [1.82, 2.24) is 0 Å². The van der Waals surface area contributed by atoms with Gasteiger partial charge in [0.2, 0.25) is 0 Å². The molecule has 0 saturated heterocycles. The molecule has 0 radical (unpaired) electrons. The van der Waals surface area contributed by atoms with Crippen LogP contribution >= 0.6 is 0 Å². The summed E-state index contributed by atoms with van der Waals surface area (Å²) in [5, 5.41) is 0. The van der Waals surface area contributed by atoms with Crippen LogP contribution in [0.15, 0.2) is 0 Å². The van der Waals surface area contributed by atoms with Gasteiger partial charge in [-0.3, -0.25) is 0 Å². The summed E-state index contributed by atoms with van der Waals surface area (Å²) in [6.07, 6.45) is 0. The van der Waals surface area contributed by atoms with Gasteiger partial charge in [-0.25, -0.2) is 0 Å². The van der Waals surface area contributed by atoms with Crippen LogP contribution in [0, 0.1) is 38.2 Å². The van der Waals surface area contributed by atoms with E-state index < -0.39 is 0 Å². The second kappa shape index (κ2) is 17.1. The van der Waals surface area contributed by atoms with Crippen LogP contribution in [0.4, 0.5) is 0 Å². The Morgan fingerprint density at radius 3 is 0.500 bits per heavy atom. The van der Waals surface area contributed by atoms with E-state index in [-0.39, 0.29) is 87.6 Å². The summed E-state index contributed by atoms with van der Waals surface area (Å²) in [5.74, 6) is 0. The Morgan fingerprint density at radius 1 is 0.500 bits per heavy atom. The predicted octanol–water partition coefficient (Wildman–Crippen LogP) is -0.00750. The summed E-state index contributed by atoms with van der Waals surface area (Å²) >= 11 is 0. The summed E-state index contributed by atoms with van der Waals surface area (Å²) in [7, 11) is 0. The zero-order valence-corrected chi connectivity index (χ0v) is 6.26. The van der Waals surface area contributed by atoms with Crippen molar-refractivity contribution >= 4 is 0 Å². The molecule has 0 N–H and O–H groups in total. The molecular formula is DyNi3. The fraction of sp³-hybridized carbons (Fsp3) is 0. The van der Waals surface area contributed by atoms with Crippen LogP contribution in [0.5, 0.6) is 0 Å². The minimum Gasteiger partial charge on any atom is 0 e. The van der Waals surface area contributed by atoms with Gasteiger partial charge >= 0.3 is 0 Å². The van der Waals surface area contributed by atoms with Crippen LogP contribution in [-0.2, 0) is 49.5 Å². The van der Waals surface area contributed by atoms with Crippen molar-refractivity contribution in [2.45, 2.75) is 0 Å². The van der Waals surface area contributed by atoms with Crippen LogP contribution in [0.3, 0.4) is 0 Å². The van der Waals surface area contributed by atoms with Crippen molar-refractivity contribution in [1.29, 1.82) is 0 Å². The molecule has 0 saturated carbocycles. The van der Waals surface area contributed by atoms with Gasteiger partial charge in [0.1, 0.15) is 0 Å². The summed E-state index contributed by atoms with van der Waals surface area (Å²) in [4.78, 5) is 0. The number of hydrogen-bond donors (Lipinski definition) is 0. The van der Waals surface area contributed by atoms with Crippen molar-refractivity contribution in [2.24, 2.45) is 0 Å². The third-order valence-corrected chi connectivity index (χ3v) is 0. The molecule has 0 bridgehead atoms. The zero-order chi connectivity index (χ0) is 0. The molecule has 0 aromatic rings. The maximum Gasteiger partial charge on any atom is 0 e. The molecule has 0 spiro atoms. The van der Waals surface area contributed by atoms with Crippen LogP contribution in [-0.4, -0.2) is 0 Å². The van der Waals surface area contributed by atoms with Gasteiger partial charge in [0, 0.05) is 87.6 Å². The molecule has 0 amide bonds. The number of rotatable bonds is 0. The van der Waals surface area contributed by atoms with Gasteiger partial charge in [0.05, 0.1) is 0 Å². The minimum atomic E-state index is 0. The Labute approximate surface area is 86.0 Å². The molecule has 40 valence electrons. The van der Waals surface area contributed by atoms with Gasteiger partial charge in [0.15, 0.2) is 0 Å². The van der Waals surface area contributed by atoms with E-state index in [1.165, 1.54) is 0 Å². The molecule has 0 rings (SSSR count). The molecule has 0 aliphatic rings. The Balaban J connectivity index is 0. The van der Waals surface area contributed by atoms with E-state index >= 15 is 0 Å². The molecule has 4 heteroatoms. The molecule has 0 aliphatic heterocycles. The molecule has 0 nitrogen and oxygen atoms in total. The van der Waals surface area contributed by atoms with Gasteiger partial charge in [-0.15, -0.1) is 0 Å². The SMILES string of the molecule is [Dy].[Ni].[Ni].[Ni]. The van der Waals surface area contributed by atoms with Gasteiger partial charge in [-0.1, -0.05) is 0 Å². The fourth-order valence-corrected chi connectivity index (χ4v) is 0. The molecule has 0 aliphatic carbocycles. The molecule has 0 fully saturated rings. The third-order valence-electron chi connectivity index (χ3n) is 0. The first-order chi connectivity index (χ1) is 0. The molecule has 0 heterocycles. The van der Waals surface area contributed by atoms with Gasteiger partial charge in [-0.05, 0) is 0 Å². The number of hydrogen-bond acceptors (Lipinski definition) is 0. The van der Waals surface area contributed by atoms with E-state index in [2.05, 4.69) is 0 Å². The van der Waals surface area contributed by atoms with Crippen LogP contribution < -0.4 is 0 Å². The van der Waals surface area contributed by atoms with Crippen molar-refractivity contribution < 1.29 is 87.6 Å². The summed E-state index contributed by atoms with van der Waals surface area (Å²) in [6.45, 7) is 0. The predicted molar refractivity (Wildman–Crippen MR) is 0 cm³/mol. The fourth-order valence-electron chi connectivity index (χ4n) is 0. The largest absolute Gasteiger partial charge is 0 e. The average molecular weight is 339 g/mol. The third kappa shape index (κ3) is 8.83. The Kier molecular flexibility index (Phi) is 126. The van der Waals surface area contributed by atoms with Crippen LogP contribution in [0.1, 0.15) is 0 Å². The van der Waals surface area contributed by atoms with E-state index in [0.29, 0.717) is 0 Å². The van der Waals surface area contributed by atoms with Crippen molar-refractivity contribution in [3.8, 4) is 0 Å². The van der Waals surface area contributed by atoms with E-state index in [1.54, 1.807) is 0 Å². The minimum absolute atomic E-state index is 0. The van der Waals surface area contributed by atoms with E-state index in [9.17, 15) is 0 Å². The first kappa shape index (κ1) is 29.5. The van der Waals surface area contributed by atoms with E-state index in [1.807, 2.05) is 0 Å². The molecule has 4 heavy (non-hydrogen) atoms. The maximum absolute atomic E-state index is 0. The molecule has 0 aromatic heterocycles. The smallest absolute Gasteiger partial charge is 0 e. The normalized spacial score (nSPS) is 0. The molecule has 0 unspecified atom stereocenters. The van der Waals surface area contributed by atoms with Crippen LogP contribution in [0.25, 0.3) is 0 Å². The quantitative estimate of drug-likeness (QED) is 0.545. The Morgan fingerprint density at radius 2 is 0.500 bits per heavy atom. The van der Waals surface area contributed by atoms with Crippen molar-refractivity contribution in [2.75, 3.05) is 0 Å². The summed E-state index contributed by atoms with van der Waals surface area (Å²) in [6, 6.07) is 0. The first-order valence-electron chi connectivity index (χ1n) is 0. The van der Waals surface area contributed by atoms with Crippen LogP contribution in [0.2, 0.25) is 0 Å². The molecule has 0 aromatic carbocycles. The topological polar surface area (TPSA) is 0 Å². The van der Waals surface area contributed by atoms with E-state index in [4.69, 9.17) is 0 Å². The van der Waals surface area contributed by atoms with Gasteiger partial charge in [-0.2, -0.15) is 0 Å². The Bertz CT molecular complexity index is 3.25. The van der Waals surface area contributed by atoms with Crippen molar-refractivity contribution in [3.63, 3.8) is 0 Å².